The van der Waals surface area contributed by atoms with Crippen molar-refractivity contribution in [1.82, 2.24) is 0 Å². The molecule has 0 heterocycles. The average molecular weight is 417 g/mol. The van der Waals surface area contributed by atoms with Gasteiger partial charge in [-0.3, -0.25) is 20.5 Å². The number of carboxylic acids is 3. The van der Waals surface area contributed by atoms with Crippen LogP contribution in [-0.2, 0) is 36.1 Å². The molecule has 0 amide bonds. The van der Waals surface area contributed by atoms with E-state index < -0.39 is 17.9 Å². The van der Waals surface area contributed by atoms with Crippen LogP contribution >= 0.6 is 0 Å². The van der Waals surface area contributed by atoms with Crippen LogP contribution in [0.1, 0.15) is 79.6 Å². The fourth-order valence-corrected chi connectivity index (χ4v) is 2.33. The van der Waals surface area contributed by atoms with Crippen molar-refractivity contribution in [1.29, 1.82) is 0 Å². The number of rotatable bonds is 3. The second-order valence-corrected chi connectivity index (χ2v) is 5.94. The maximum absolute atomic E-state index is 9.37. The molecule has 154 valence electrons. The van der Waals surface area contributed by atoms with Crippen LogP contribution < -0.4 is 0 Å². The Balaban J connectivity index is -0.000000311. The normalized spacial score (nSPS) is 16.5. The molecule has 2 aliphatic carbocycles. The van der Waals surface area contributed by atoms with Gasteiger partial charge in [0.25, 0.3) is 0 Å². The molecule has 1 unspecified atom stereocenters. The second-order valence-electron chi connectivity index (χ2n) is 5.94. The molecule has 0 spiro atoms. The zero-order chi connectivity index (χ0) is 20.7. The monoisotopic (exact) mass is 417 g/mol. The molecule has 0 aromatic heterocycles. The smallest absolute Gasteiger partial charge is 0.303 e. The van der Waals surface area contributed by atoms with Crippen LogP contribution in [0.4, 0.5) is 0 Å². The number of aliphatic carboxylic acids is 3. The maximum atomic E-state index is 9.37. The van der Waals surface area contributed by atoms with Gasteiger partial charge in [0.15, 0.2) is 0 Å². The minimum absolute atomic E-state index is 0. The van der Waals surface area contributed by atoms with Crippen LogP contribution in [0.3, 0.4) is 0 Å². The molecule has 1 atom stereocenters. The number of allylic oxidation sites excluding steroid dienone is 4. The third kappa shape index (κ3) is 16.5. The van der Waals surface area contributed by atoms with Crippen molar-refractivity contribution in [3.05, 3.63) is 22.8 Å². The van der Waals surface area contributed by atoms with Gasteiger partial charge in [0, 0.05) is 41.0 Å². The third-order valence-electron chi connectivity index (χ3n) is 3.83. The van der Waals surface area contributed by atoms with E-state index in [9.17, 15) is 14.4 Å². The van der Waals surface area contributed by atoms with Crippen molar-refractivity contribution in [2.75, 3.05) is 0 Å². The number of hydrogen-bond acceptors (Lipinski definition) is 3. The zero-order valence-electron chi connectivity index (χ0n) is 17.1. The van der Waals surface area contributed by atoms with E-state index in [-0.39, 0.29) is 41.0 Å². The minimum atomic E-state index is -0.745. The molecule has 27 heavy (non-hydrogen) atoms. The number of hydrogen-bond donors (Lipinski definition) is 3. The van der Waals surface area contributed by atoms with Crippen LogP contribution in [0.25, 0.3) is 0 Å². The van der Waals surface area contributed by atoms with Gasteiger partial charge in [0.05, 0.1) is 0 Å². The van der Waals surface area contributed by atoms with Gasteiger partial charge < -0.3 is 15.3 Å². The molecular formula is C20H33O6Ti-. The first-order valence-corrected chi connectivity index (χ1v) is 9.08. The van der Waals surface area contributed by atoms with Crippen LogP contribution in [0, 0.1) is 12.0 Å². The van der Waals surface area contributed by atoms with Gasteiger partial charge in [-0.25, -0.2) is 5.57 Å². The summed E-state index contributed by atoms with van der Waals surface area (Å²) in [7, 11) is 0. The Morgan fingerprint density at radius 1 is 0.889 bits per heavy atom. The second kappa shape index (κ2) is 18.0. The Morgan fingerprint density at radius 3 is 1.52 bits per heavy atom. The molecule has 0 aromatic rings. The predicted molar refractivity (Wildman–Crippen MR) is 101 cm³/mol. The summed E-state index contributed by atoms with van der Waals surface area (Å²) in [4.78, 5) is 28.1. The van der Waals surface area contributed by atoms with Crippen molar-refractivity contribution >= 4 is 17.9 Å². The predicted octanol–water partition coefficient (Wildman–Crippen LogP) is 4.70. The summed E-state index contributed by atoms with van der Waals surface area (Å²) in [6, 6.07) is 0. The molecule has 0 fully saturated rings. The van der Waals surface area contributed by atoms with Crippen LogP contribution in [0.5, 0.6) is 0 Å². The van der Waals surface area contributed by atoms with Crippen molar-refractivity contribution in [3.8, 4) is 0 Å². The Bertz CT molecular complexity index is 489. The number of carbonyl (C=O) groups is 3. The van der Waals surface area contributed by atoms with Gasteiger partial charge >= 0.3 is 17.9 Å². The summed E-state index contributed by atoms with van der Waals surface area (Å²) in [6.45, 7) is 9.29. The summed E-state index contributed by atoms with van der Waals surface area (Å²) >= 11 is 0. The quantitative estimate of drug-likeness (QED) is 0.453. The minimum Gasteiger partial charge on any atom is -0.481 e. The van der Waals surface area contributed by atoms with E-state index in [1.165, 1.54) is 31.3 Å². The molecular weight excluding hydrogens is 384 g/mol. The standard InChI is InChI=1S/C11H15.3C3H6O2.Ti/c1-8-7-9(2)11-6-4-3-5-10(8)11;3*1-2-3(4)5;/h8H,3-6H2,1-2H3;3*2H2,1H3,(H,4,5);/q-1;;;;. The van der Waals surface area contributed by atoms with Crippen LogP contribution in [0.15, 0.2) is 16.7 Å². The largest absolute Gasteiger partial charge is 0.481 e. The summed E-state index contributed by atoms with van der Waals surface area (Å²) in [5.41, 5.74) is 4.77. The SMILES string of the molecule is CC1=[C-]C(C)C2=C1CCCC2.CCC(=O)O.CCC(=O)O.CCC(=O)O.[Ti]. The molecule has 7 heteroatoms. The van der Waals surface area contributed by atoms with E-state index in [1.54, 1.807) is 31.9 Å². The summed E-state index contributed by atoms with van der Waals surface area (Å²) < 4.78 is 0. The molecule has 0 aromatic carbocycles. The average Bonchev–Trinajstić information content (AvgIpc) is 2.91. The van der Waals surface area contributed by atoms with E-state index in [2.05, 4.69) is 19.9 Å². The Kier molecular flexibility index (Phi) is 20.2. The Morgan fingerprint density at radius 2 is 1.22 bits per heavy atom. The Labute approximate surface area is 177 Å². The van der Waals surface area contributed by atoms with Crippen molar-refractivity contribution in [2.45, 2.75) is 79.6 Å². The first-order chi connectivity index (χ1) is 12.1. The molecule has 0 saturated carbocycles. The number of carboxylic acid groups (broad SMARTS) is 3. The first-order valence-electron chi connectivity index (χ1n) is 9.08. The maximum Gasteiger partial charge on any atom is 0.303 e. The van der Waals surface area contributed by atoms with E-state index in [0.717, 1.165) is 0 Å². The van der Waals surface area contributed by atoms with E-state index in [1.807, 2.05) is 0 Å². The molecule has 0 aliphatic heterocycles. The topological polar surface area (TPSA) is 112 Å². The third-order valence-corrected chi connectivity index (χ3v) is 3.83. The molecule has 2 rings (SSSR count). The molecule has 0 bridgehead atoms. The molecule has 2 aliphatic rings. The van der Waals surface area contributed by atoms with E-state index in [4.69, 9.17) is 15.3 Å². The molecule has 6 nitrogen and oxygen atoms in total. The van der Waals surface area contributed by atoms with Crippen molar-refractivity contribution < 1.29 is 51.4 Å². The summed E-state index contributed by atoms with van der Waals surface area (Å²) in [5, 5.41) is 23.2. The van der Waals surface area contributed by atoms with Gasteiger partial charge in [0.2, 0.25) is 0 Å². The fourth-order valence-electron chi connectivity index (χ4n) is 2.33. The van der Waals surface area contributed by atoms with Gasteiger partial charge in [-0.15, -0.1) is 0 Å². The van der Waals surface area contributed by atoms with Crippen LogP contribution in [-0.4, -0.2) is 33.2 Å². The van der Waals surface area contributed by atoms with Gasteiger partial charge in [-0.1, -0.05) is 59.8 Å². The van der Waals surface area contributed by atoms with Crippen LogP contribution in [0.2, 0.25) is 0 Å². The molecule has 0 saturated heterocycles. The van der Waals surface area contributed by atoms with Gasteiger partial charge in [0.1, 0.15) is 0 Å². The van der Waals surface area contributed by atoms with E-state index in [0.29, 0.717) is 5.92 Å². The van der Waals surface area contributed by atoms with E-state index >= 15 is 0 Å². The zero-order valence-corrected chi connectivity index (χ0v) is 18.7. The summed E-state index contributed by atoms with van der Waals surface area (Å²) in [5.74, 6) is -1.61. The van der Waals surface area contributed by atoms with Crippen molar-refractivity contribution in [3.63, 3.8) is 0 Å². The molecule has 3 N–H and O–H groups in total. The fraction of sp³-hybridized carbons (Fsp3) is 0.650. The van der Waals surface area contributed by atoms with Gasteiger partial charge in [-0.2, -0.15) is 11.1 Å². The first kappa shape index (κ1) is 30.3. The molecule has 0 radical (unpaired) electrons. The Hall–Kier alpha value is -1.40. The van der Waals surface area contributed by atoms with Crippen molar-refractivity contribution in [2.24, 2.45) is 5.92 Å². The van der Waals surface area contributed by atoms with Gasteiger partial charge in [-0.05, 0) is 6.42 Å². The summed E-state index contributed by atoms with van der Waals surface area (Å²) in [6.07, 6.45) is 9.61.